The summed E-state index contributed by atoms with van der Waals surface area (Å²) in [5.74, 6) is 0.399. The van der Waals surface area contributed by atoms with Crippen LogP contribution in [0.5, 0.6) is 0 Å². The number of benzene rings is 1. The number of fused-ring (bicyclic) bond motifs is 1. The highest BCUT2D eigenvalue weighted by Gasteiger charge is 2.29. The van der Waals surface area contributed by atoms with Crippen molar-refractivity contribution in [2.45, 2.75) is 42.9 Å². The number of morpholine rings is 1. The maximum Gasteiger partial charge on any atom is 0.238 e. The highest BCUT2D eigenvalue weighted by molar-refractivity contribution is 8.01. The van der Waals surface area contributed by atoms with E-state index >= 15 is 0 Å². The van der Waals surface area contributed by atoms with Gasteiger partial charge in [-0.1, -0.05) is 26.0 Å². The fraction of sp³-hybridized carbons (Fsp3) is 0.600. The highest BCUT2D eigenvalue weighted by Crippen LogP contribution is 2.36. The molecule has 0 saturated carbocycles. The average Bonchev–Trinajstić information content (AvgIpc) is 2.66. The minimum atomic E-state index is -0.383. The number of hydrogen-bond donors (Lipinski definition) is 2. The monoisotopic (exact) mass is 391 g/mol. The van der Waals surface area contributed by atoms with Gasteiger partial charge in [0.25, 0.3) is 0 Å². The van der Waals surface area contributed by atoms with Crippen LogP contribution in [0, 0.1) is 5.92 Å². The number of rotatable bonds is 7. The van der Waals surface area contributed by atoms with Crippen LogP contribution in [0.2, 0.25) is 0 Å². The number of ether oxygens (including phenoxy) is 1. The van der Waals surface area contributed by atoms with Crippen molar-refractivity contribution in [3.05, 3.63) is 24.3 Å². The molecule has 2 N–H and O–H groups in total. The third-order valence-corrected chi connectivity index (χ3v) is 6.19. The second-order valence-corrected chi connectivity index (χ2v) is 8.78. The summed E-state index contributed by atoms with van der Waals surface area (Å²) >= 11 is 1.47. The number of thioether (sulfide) groups is 1. The Bertz CT molecular complexity index is 662. The van der Waals surface area contributed by atoms with E-state index in [0.29, 0.717) is 18.5 Å². The van der Waals surface area contributed by atoms with Crippen molar-refractivity contribution in [1.82, 2.24) is 10.2 Å². The van der Waals surface area contributed by atoms with Gasteiger partial charge in [0, 0.05) is 37.0 Å². The SMILES string of the molecule is CC(C)CC(CNC(=O)CC1Sc2ccccc2NC1=O)N1CCOCC1. The van der Waals surface area contributed by atoms with Crippen molar-refractivity contribution >= 4 is 29.3 Å². The van der Waals surface area contributed by atoms with Gasteiger partial charge in [-0.3, -0.25) is 14.5 Å². The molecule has 1 aromatic carbocycles. The first-order chi connectivity index (χ1) is 13.0. The average molecular weight is 392 g/mol. The lowest BCUT2D eigenvalue weighted by molar-refractivity contribution is -0.124. The zero-order chi connectivity index (χ0) is 19.2. The van der Waals surface area contributed by atoms with E-state index < -0.39 is 0 Å². The molecule has 2 aliphatic heterocycles. The van der Waals surface area contributed by atoms with Crippen molar-refractivity contribution in [3.63, 3.8) is 0 Å². The predicted octanol–water partition coefficient (Wildman–Crippen LogP) is 2.35. The molecular weight excluding hydrogens is 362 g/mol. The quantitative estimate of drug-likeness (QED) is 0.747. The molecule has 0 spiro atoms. The Labute approximate surface area is 165 Å². The lowest BCUT2D eigenvalue weighted by Crippen LogP contribution is -2.49. The van der Waals surface area contributed by atoms with E-state index in [1.807, 2.05) is 24.3 Å². The number of para-hydroxylation sites is 1. The van der Waals surface area contributed by atoms with Gasteiger partial charge in [-0.2, -0.15) is 0 Å². The number of anilines is 1. The number of hydrogen-bond acceptors (Lipinski definition) is 5. The Balaban J connectivity index is 1.52. The van der Waals surface area contributed by atoms with Crippen LogP contribution in [-0.2, 0) is 14.3 Å². The zero-order valence-corrected chi connectivity index (χ0v) is 16.9. The van der Waals surface area contributed by atoms with Crippen LogP contribution in [0.25, 0.3) is 0 Å². The third-order valence-electron chi connectivity index (χ3n) is 4.92. The number of amides is 2. The highest BCUT2D eigenvalue weighted by atomic mass is 32.2. The van der Waals surface area contributed by atoms with Gasteiger partial charge >= 0.3 is 0 Å². The van der Waals surface area contributed by atoms with Gasteiger partial charge in [-0.25, -0.2) is 0 Å². The van der Waals surface area contributed by atoms with Crippen LogP contribution in [0.15, 0.2) is 29.2 Å². The van der Waals surface area contributed by atoms with Crippen molar-refractivity contribution in [3.8, 4) is 0 Å². The molecule has 7 heteroatoms. The van der Waals surface area contributed by atoms with E-state index in [-0.39, 0.29) is 23.5 Å². The summed E-state index contributed by atoms with van der Waals surface area (Å²) in [6.45, 7) is 8.34. The Morgan fingerprint density at radius 2 is 2.07 bits per heavy atom. The van der Waals surface area contributed by atoms with Gasteiger partial charge in [-0.15, -0.1) is 11.8 Å². The second kappa shape index (κ2) is 9.57. The summed E-state index contributed by atoms with van der Waals surface area (Å²) in [6, 6.07) is 8.01. The third kappa shape index (κ3) is 5.70. The largest absolute Gasteiger partial charge is 0.379 e. The molecule has 0 bridgehead atoms. The molecule has 0 radical (unpaired) electrons. The smallest absolute Gasteiger partial charge is 0.238 e. The molecule has 1 saturated heterocycles. The molecular formula is C20H29N3O3S. The van der Waals surface area contributed by atoms with E-state index in [9.17, 15) is 9.59 Å². The molecule has 2 aliphatic rings. The van der Waals surface area contributed by atoms with Gasteiger partial charge < -0.3 is 15.4 Å². The molecule has 27 heavy (non-hydrogen) atoms. The van der Waals surface area contributed by atoms with Crippen molar-refractivity contribution in [2.24, 2.45) is 5.92 Å². The number of nitrogens with zero attached hydrogens (tertiary/aromatic N) is 1. The first-order valence-electron chi connectivity index (χ1n) is 9.68. The standard InChI is InChI=1S/C20H29N3O3S/c1-14(2)11-15(23-7-9-26-10-8-23)13-21-19(24)12-18-20(25)22-16-5-3-4-6-17(16)27-18/h3-6,14-15,18H,7-13H2,1-2H3,(H,21,24)(H,22,25). The molecule has 2 heterocycles. The maximum absolute atomic E-state index is 12.5. The number of carbonyl (C=O) groups is 2. The van der Waals surface area contributed by atoms with Gasteiger partial charge in [-0.05, 0) is 24.5 Å². The van der Waals surface area contributed by atoms with Crippen LogP contribution >= 0.6 is 11.8 Å². The van der Waals surface area contributed by atoms with Crippen molar-refractivity contribution in [2.75, 3.05) is 38.2 Å². The maximum atomic E-state index is 12.5. The van der Waals surface area contributed by atoms with Crippen LogP contribution < -0.4 is 10.6 Å². The summed E-state index contributed by atoms with van der Waals surface area (Å²) in [4.78, 5) is 28.2. The Morgan fingerprint density at radius 3 is 2.81 bits per heavy atom. The molecule has 3 rings (SSSR count). The molecule has 148 valence electrons. The Kier molecular flexibility index (Phi) is 7.15. The predicted molar refractivity (Wildman–Crippen MR) is 108 cm³/mol. The number of nitrogens with one attached hydrogen (secondary N) is 2. The fourth-order valence-corrected chi connectivity index (χ4v) is 4.66. The lowest BCUT2D eigenvalue weighted by atomic mass is 10.0. The molecule has 2 atom stereocenters. The minimum Gasteiger partial charge on any atom is -0.379 e. The van der Waals surface area contributed by atoms with E-state index in [4.69, 9.17) is 4.74 Å². The summed E-state index contributed by atoms with van der Waals surface area (Å²) in [7, 11) is 0. The van der Waals surface area contributed by atoms with Crippen LogP contribution in [0.4, 0.5) is 5.69 Å². The first-order valence-corrected chi connectivity index (χ1v) is 10.6. The van der Waals surface area contributed by atoms with Gasteiger partial charge in [0.15, 0.2) is 0 Å². The Morgan fingerprint density at radius 1 is 1.33 bits per heavy atom. The molecule has 2 unspecified atom stereocenters. The first kappa shape index (κ1) is 20.2. The van der Waals surface area contributed by atoms with E-state index in [1.54, 1.807) is 0 Å². The minimum absolute atomic E-state index is 0.0657. The molecule has 0 aliphatic carbocycles. The van der Waals surface area contributed by atoms with Crippen molar-refractivity contribution < 1.29 is 14.3 Å². The number of carbonyl (C=O) groups excluding carboxylic acids is 2. The Hall–Kier alpha value is -1.57. The van der Waals surface area contributed by atoms with E-state index in [2.05, 4.69) is 29.4 Å². The normalized spacial score (nSPS) is 21.4. The molecule has 1 fully saturated rings. The van der Waals surface area contributed by atoms with Gasteiger partial charge in [0.1, 0.15) is 0 Å². The topological polar surface area (TPSA) is 70.7 Å². The van der Waals surface area contributed by atoms with E-state index in [1.165, 1.54) is 11.8 Å². The van der Waals surface area contributed by atoms with Gasteiger partial charge in [0.05, 0.1) is 24.2 Å². The molecule has 6 nitrogen and oxygen atoms in total. The summed E-state index contributed by atoms with van der Waals surface area (Å²) in [6.07, 6.45) is 1.23. The molecule has 2 amide bonds. The zero-order valence-electron chi connectivity index (χ0n) is 16.1. The van der Waals surface area contributed by atoms with Crippen LogP contribution in [0.1, 0.15) is 26.7 Å². The molecule has 1 aromatic rings. The van der Waals surface area contributed by atoms with Crippen molar-refractivity contribution in [1.29, 1.82) is 0 Å². The fourth-order valence-electron chi connectivity index (χ4n) is 3.55. The van der Waals surface area contributed by atoms with E-state index in [0.717, 1.165) is 43.3 Å². The van der Waals surface area contributed by atoms with Crippen LogP contribution in [0.3, 0.4) is 0 Å². The summed E-state index contributed by atoms with van der Waals surface area (Å²) < 4.78 is 5.45. The van der Waals surface area contributed by atoms with Crippen LogP contribution in [-0.4, -0.2) is 60.9 Å². The summed E-state index contributed by atoms with van der Waals surface area (Å²) in [5.41, 5.74) is 0.827. The lowest BCUT2D eigenvalue weighted by Gasteiger charge is -2.35. The van der Waals surface area contributed by atoms with Gasteiger partial charge in [0.2, 0.25) is 11.8 Å². The molecule has 0 aromatic heterocycles. The summed E-state index contributed by atoms with van der Waals surface area (Å²) in [5, 5.41) is 5.58. The second-order valence-electron chi connectivity index (χ2n) is 7.53.